The van der Waals surface area contributed by atoms with Gasteiger partial charge in [-0.1, -0.05) is 30.3 Å². The molecule has 0 aliphatic heterocycles. The summed E-state index contributed by atoms with van der Waals surface area (Å²) in [6.45, 7) is 0.939. The first-order chi connectivity index (χ1) is 7.20. The Kier molecular flexibility index (Phi) is 3.78. The molecule has 1 aromatic carbocycles. The molecule has 0 unspecified atom stereocenters. The van der Waals surface area contributed by atoms with Crippen LogP contribution >= 0.6 is 7.52 Å². The summed E-state index contributed by atoms with van der Waals surface area (Å²) in [6, 6.07) is 6.94. The van der Waals surface area contributed by atoms with E-state index in [0.717, 1.165) is 6.66 Å². The summed E-state index contributed by atoms with van der Waals surface area (Å²) < 4.78 is 53.4. The van der Waals surface area contributed by atoms with Gasteiger partial charge in [-0.2, -0.15) is 13.2 Å². The van der Waals surface area contributed by atoms with Crippen molar-refractivity contribution in [1.82, 2.24) is 0 Å². The van der Waals surface area contributed by atoms with E-state index in [-0.39, 0.29) is 5.56 Å². The molecule has 0 aliphatic carbocycles. The minimum absolute atomic E-state index is 0.123. The smallest absolute Gasteiger partial charge is 0.300 e. The van der Waals surface area contributed by atoms with Gasteiger partial charge in [0.1, 0.15) is 0 Å². The van der Waals surface area contributed by atoms with Crippen LogP contribution in [0.3, 0.4) is 0 Å². The van der Waals surface area contributed by atoms with Crippen LogP contribution in [0.15, 0.2) is 30.3 Å². The second-order valence-electron chi connectivity index (χ2n) is 3.35. The van der Waals surface area contributed by atoms with E-state index < -0.39 is 19.8 Å². The van der Waals surface area contributed by atoms with Gasteiger partial charge in [-0.05, 0) is 5.56 Å². The van der Waals surface area contributed by atoms with Crippen molar-refractivity contribution < 1.29 is 22.3 Å². The van der Waals surface area contributed by atoms with Crippen molar-refractivity contribution in [3.05, 3.63) is 35.9 Å². The SMILES string of the molecule is C[P@@](N)(=O)O[C@H](c1ccccc1)C(F)(F)F. The van der Waals surface area contributed by atoms with Gasteiger partial charge in [0.15, 0.2) is 6.10 Å². The molecule has 0 bridgehead atoms. The van der Waals surface area contributed by atoms with Crippen molar-refractivity contribution in [1.29, 1.82) is 0 Å². The lowest BCUT2D eigenvalue weighted by molar-refractivity contribution is -0.197. The highest BCUT2D eigenvalue weighted by molar-refractivity contribution is 7.55. The van der Waals surface area contributed by atoms with Crippen LogP contribution in [0.25, 0.3) is 0 Å². The average Bonchev–Trinajstić information content (AvgIpc) is 2.13. The molecule has 0 heterocycles. The highest BCUT2D eigenvalue weighted by Crippen LogP contribution is 2.46. The van der Waals surface area contributed by atoms with E-state index in [1.807, 2.05) is 0 Å². The molecule has 0 spiro atoms. The number of halogens is 3. The van der Waals surface area contributed by atoms with Gasteiger partial charge in [-0.15, -0.1) is 0 Å². The van der Waals surface area contributed by atoms with Gasteiger partial charge in [0.25, 0.3) is 7.52 Å². The highest BCUT2D eigenvalue weighted by Gasteiger charge is 2.44. The predicted molar refractivity (Wildman–Crippen MR) is 54.0 cm³/mol. The lowest BCUT2D eigenvalue weighted by Crippen LogP contribution is -2.23. The van der Waals surface area contributed by atoms with Crippen molar-refractivity contribution in [3.63, 3.8) is 0 Å². The highest BCUT2D eigenvalue weighted by atomic mass is 31.2. The van der Waals surface area contributed by atoms with Crippen molar-refractivity contribution >= 4 is 7.52 Å². The lowest BCUT2D eigenvalue weighted by Gasteiger charge is -2.22. The fourth-order valence-corrected chi connectivity index (χ4v) is 1.81. The Hall–Kier alpha value is -0.840. The van der Waals surface area contributed by atoms with Gasteiger partial charge in [0.05, 0.1) is 0 Å². The van der Waals surface area contributed by atoms with Crippen molar-refractivity contribution in [2.45, 2.75) is 12.3 Å². The molecule has 1 aromatic rings. The van der Waals surface area contributed by atoms with E-state index >= 15 is 0 Å². The molecule has 90 valence electrons. The van der Waals surface area contributed by atoms with Gasteiger partial charge >= 0.3 is 6.18 Å². The first-order valence-electron chi connectivity index (χ1n) is 4.36. The van der Waals surface area contributed by atoms with E-state index in [9.17, 15) is 17.7 Å². The van der Waals surface area contributed by atoms with Crippen molar-refractivity contribution in [2.24, 2.45) is 5.50 Å². The molecule has 0 aromatic heterocycles. The Balaban J connectivity index is 3.03. The summed E-state index contributed by atoms with van der Waals surface area (Å²) in [7, 11) is -3.70. The zero-order chi connectivity index (χ0) is 12.4. The molecular formula is C9H11F3NO2P. The maximum absolute atomic E-state index is 12.6. The Bertz CT molecular complexity index is 387. The molecule has 0 fully saturated rings. The second-order valence-corrected chi connectivity index (χ2v) is 5.37. The maximum atomic E-state index is 12.6. The summed E-state index contributed by atoms with van der Waals surface area (Å²) in [4.78, 5) is 0. The normalized spacial score (nSPS) is 17.8. The van der Waals surface area contributed by atoms with Gasteiger partial charge < -0.3 is 4.52 Å². The van der Waals surface area contributed by atoms with E-state index in [0.29, 0.717) is 0 Å². The van der Waals surface area contributed by atoms with Crippen LogP contribution in [0.2, 0.25) is 0 Å². The summed E-state index contributed by atoms with van der Waals surface area (Å²) in [5.74, 6) is 0. The molecule has 0 amide bonds. The third-order valence-electron chi connectivity index (χ3n) is 1.71. The topological polar surface area (TPSA) is 52.3 Å². The number of alkyl halides is 3. The molecular weight excluding hydrogens is 242 g/mol. The fourth-order valence-electron chi connectivity index (χ4n) is 1.15. The third kappa shape index (κ3) is 3.96. The van der Waals surface area contributed by atoms with E-state index in [2.05, 4.69) is 4.52 Å². The first kappa shape index (κ1) is 13.2. The van der Waals surface area contributed by atoms with Crippen molar-refractivity contribution in [3.8, 4) is 0 Å². The lowest BCUT2D eigenvalue weighted by atomic mass is 10.1. The van der Waals surface area contributed by atoms with Gasteiger partial charge in [-0.3, -0.25) is 10.1 Å². The largest absolute Gasteiger partial charge is 0.419 e. The number of benzene rings is 1. The van der Waals surface area contributed by atoms with Crippen LogP contribution in [0.1, 0.15) is 11.7 Å². The monoisotopic (exact) mass is 253 g/mol. The van der Waals surface area contributed by atoms with Gasteiger partial charge in [0, 0.05) is 6.66 Å². The molecule has 1 rings (SSSR count). The minimum atomic E-state index is -4.65. The second kappa shape index (κ2) is 4.57. The van der Waals surface area contributed by atoms with Gasteiger partial charge in [0.2, 0.25) is 0 Å². The molecule has 0 radical (unpaired) electrons. The van der Waals surface area contributed by atoms with E-state index in [1.54, 1.807) is 6.07 Å². The molecule has 2 atom stereocenters. The summed E-state index contributed by atoms with van der Waals surface area (Å²) in [6.07, 6.45) is -6.90. The Labute approximate surface area is 90.9 Å². The Morgan fingerprint density at radius 2 is 1.81 bits per heavy atom. The van der Waals surface area contributed by atoms with Crippen LogP contribution in [0.5, 0.6) is 0 Å². The number of hydrogen-bond donors (Lipinski definition) is 1. The molecule has 0 saturated heterocycles. The summed E-state index contributed by atoms with van der Waals surface area (Å²) >= 11 is 0. The number of nitrogens with two attached hydrogens (primary N) is 1. The molecule has 16 heavy (non-hydrogen) atoms. The minimum Gasteiger partial charge on any atom is -0.300 e. The zero-order valence-electron chi connectivity index (χ0n) is 8.44. The molecule has 7 heteroatoms. The van der Waals surface area contributed by atoms with Crippen LogP contribution in [0.4, 0.5) is 13.2 Å². The van der Waals surface area contributed by atoms with E-state index in [1.165, 1.54) is 24.3 Å². The molecule has 0 aliphatic rings. The van der Waals surface area contributed by atoms with Crippen LogP contribution < -0.4 is 5.50 Å². The van der Waals surface area contributed by atoms with E-state index in [4.69, 9.17) is 5.50 Å². The number of hydrogen-bond acceptors (Lipinski definition) is 2. The van der Waals surface area contributed by atoms with Gasteiger partial charge in [-0.25, -0.2) is 0 Å². The Morgan fingerprint density at radius 3 is 2.19 bits per heavy atom. The third-order valence-corrected chi connectivity index (χ3v) is 2.34. The number of rotatable bonds is 3. The molecule has 3 nitrogen and oxygen atoms in total. The first-order valence-corrected chi connectivity index (χ1v) is 6.50. The van der Waals surface area contributed by atoms with Crippen LogP contribution in [-0.4, -0.2) is 12.8 Å². The summed E-state index contributed by atoms with van der Waals surface area (Å²) in [5.41, 5.74) is 4.88. The fraction of sp³-hybridized carbons (Fsp3) is 0.333. The van der Waals surface area contributed by atoms with Crippen molar-refractivity contribution in [2.75, 3.05) is 6.66 Å². The molecule has 2 N–H and O–H groups in total. The van der Waals surface area contributed by atoms with Crippen LogP contribution in [0, 0.1) is 0 Å². The quantitative estimate of drug-likeness (QED) is 0.842. The zero-order valence-corrected chi connectivity index (χ0v) is 9.33. The average molecular weight is 253 g/mol. The molecule has 0 saturated carbocycles. The standard InChI is InChI=1S/C9H11F3NO2P/c1-16(13,14)15-8(9(10,11)12)7-5-3-2-4-6-7/h2-6,8H,1H3,(H2,13,14)/t8-,16-/m1/s1. The van der Waals surface area contributed by atoms with Crippen LogP contribution in [-0.2, 0) is 9.09 Å². The summed E-state index contributed by atoms with van der Waals surface area (Å²) in [5, 5.41) is 0. The predicted octanol–water partition coefficient (Wildman–Crippen LogP) is 3.09. The Morgan fingerprint density at radius 1 is 1.31 bits per heavy atom. The maximum Gasteiger partial charge on any atom is 0.419 e.